The molecular formula is C51H30N4S2. The van der Waals surface area contributed by atoms with E-state index in [1.807, 2.05) is 60.7 Å². The highest BCUT2D eigenvalue weighted by molar-refractivity contribution is 7.26. The summed E-state index contributed by atoms with van der Waals surface area (Å²) in [6.45, 7) is 0. The maximum atomic E-state index is 9.28. The smallest absolute Gasteiger partial charge is 0.166 e. The van der Waals surface area contributed by atoms with Crippen molar-refractivity contribution in [3.8, 4) is 51.0 Å². The first-order valence-electron chi connectivity index (χ1n) is 21.5. The van der Waals surface area contributed by atoms with E-state index in [-0.39, 0.29) is 58.1 Å². The molecule has 0 aliphatic rings. The van der Waals surface area contributed by atoms with Gasteiger partial charge in [0.15, 0.2) is 17.5 Å². The van der Waals surface area contributed by atoms with Crippen LogP contribution < -0.4 is 0 Å². The lowest BCUT2D eigenvalue weighted by Gasteiger charge is -2.16. The molecule has 12 aromatic rings. The highest BCUT2D eigenvalue weighted by Gasteiger charge is 2.21. The third-order valence-electron chi connectivity index (χ3n) is 10.6. The van der Waals surface area contributed by atoms with Crippen molar-refractivity contribution in [3.05, 3.63) is 182 Å². The fraction of sp³-hybridized carbons (Fsp3) is 0. The van der Waals surface area contributed by atoms with E-state index in [0.717, 1.165) is 42.4 Å². The van der Waals surface area contributed by atoms with E-state index in [4.69, 9.17) is 20.4 Å². The lowest BCUT2D eigenvalue weighted by atomic mass is 9.99. The predicted molar refractivity (Wildman–Crippen MR) is 242 cm³/mol. The van der Waals surface area contributed by atoms with Crippen LogP contribution in [0.5, 0.6) is 0 Å². The van der Waals surface area contributed by atoms with Crippen molar-refractivity contribution in [2.45, 2.75) is 0 Å². The van der Waals surface area contributed by atoms with Crippen molar-refractivity contribution in [1.82, 2.24) is 19.5 Å². The summed E-state index contributed by atoms with van der Waals surface area (Å²) in [5.41, 5.74) is 5.09. The van der Waals surface area contributed by atoms with E-state index in [9.17, 15) is 2.74 Å². The third kappa shape index (κ3) is 5.15. The number of nitrogens with zero attached hydrogens (tertiary/aromatic N) is 4. The SMILES string of the molecule is [2H]c1cc([2H])c2c(c1[2H])c1c([2H])c([2H])cc([2H])c1n2-c1ccc(-c2cccc3c2sc2ccccc23)cc1-c1nc(-c2ccccc2)nc(-c2ccc3c(c2)sc2ccccc23)n1. The molecule has 0 amide bonds. The van der Waals surface area contributed by atoms with Crippen LogP contribution in [0.1, 0.15) is 8.22 Å². The second kappa shape index (κ2) is 12.8. The Bertz CT molecular complexity index is 3820. The lowest BCUT2D eigenvalue weighted by molar-refractivity contribution is 1.07. The van der Waals surface area contributed by atoms with Crippen molar-refractivity contribution in [3.63, 3.8) is 0 Å². The number of hydrogen-bond acceptors (Lipinski definition) is 5. The second-order valence-electron chi connectivity index (χ2n) is 13.9. The summed E-state index contributed by atoms with van der Waals surface area (Å²) in [6, 6.07) is 47.0. The molecule has 12 rings (SSSR count). The normalized spacial score (nSPS) is 13.3. The molecule has 266 valence electrons. The minimum atomic E-state index is -0.177. The molecule has 0 fully saturated rings. The van der Waals surface area contributed by atoms with Gasteiger partial charge in [-0.1, -0.05) is 139 Å². The Hall–Kier alpha value is -6.99. The van der Waals surface area contributed by atoms with Crippen LogP contribution in [-0.4, -0.2) is 19.5 Å². The first-order valence-corrected chi connectivity index (χ1v) is 20.2. The molecular weight excluding hydrogens is 733 g/mol. The van der Waals surface area contributed by atoms with Crippen molar-refractivity contribution < 1.29 is 8.22 Å². The van der Waals surface area contributed by atoms with E-state index >= 15 is 0 Å². The average Bonchev–Trinajstić information content (AvgIpc) is 4.00. The molecule has 4 aromatic heterocycles. The topological polar surface area (TPSA) is 43.6 Å². The highest BCUT2D eigenvalue weighted by Crippen LogP contribution is 2.43. The summed E-state index contributed by atoms with van der Waals surface area (Å²) in [4.78, 5) is 15.6. The van der Waals surface area contributed by atoms with Crippen LogP contribution in [0.2, 0.25) is 0 Å². The average molecular weight is 769 g/mol. The maximum absolute atomic E-state index is 9.28. The van der Waals surface area contributed by atoms with Gasteiger partial charge in [0.2, 0.25) is 0 Å². The summed E-state index contributed by atoms with van der Waals surface area (Å²) in [7, 11) is 0. The van der Waals surface area contributed by atoms with E-state index in [1.165, 1.54) is 32.3 Å². The van der Waals surface area contributed by atoms with Crippen LogP contribution in [0.25, 0.3) is 113 Å². The molecule has 0 radical (unpaired) electrons. The molecule has 8 aromatic carbocycles. The summed E-state index contributed by atoms with van der Waals surface area (Å²) in [5, 5.41) is 5.03. The Morgan fingerprint density at radius 3 is 1.79 bits per heavy atom. The lowest BCUT2D eigenvalue weighted by Crippen LogP contribution is -2.04. The summed E-state index contributed by atoms with van der Waals surface area (Å²) >= 11 is 3.45. The minimum Gasteiger partial charge on any atom is -0.309 e. The zero-order valence-electron chi connectivity index (χ0n) is 36.0. The Labute approximate surface area is 344 Å². The van der Waals surface area contributed by atoms with E-state index in [2.05, 4.69) is 72.8 Å². The fourth-order valence-electron chi connectivity index (χ4n) is 8.01. The van der Waals surface area contributed by atoms with Gasteiger partial charge >= 0.3 is 0 Å². The Morgan fingerprint density at radius 2 is 1.02 bits per heavy atom. The zero-order chi connectivity index (χ0) is 42.7. The predicted octanol–water partition coefficient (Wildman–Crippen LogP) is 14.4. The van der Waals surface area contributed by atoms with Crippen LogP contribution >= 0.6 is 22.7 Å². The van der Waals surface area contributed by atoms with Crippen LogP contribution in [-0.2, 0) is 0 Å². The third-order valence-corrected chi connectivity index (χ3v) is 13.0. The highest BCUT2D eigenvalue weighted by atomic mass is 32.1. The van der Waals surface area contributed by atoms with E-state index in [1.54, 1.807) is 27.2 Å². The number of aromatic nitrogens is 4. The molecule has 0 unspecified atom stereocenters. The van der Waals surface area contributed by atoms with Gasteiger partial charge in [0.25, 0.3) is 0 Å². The van der Waals surface area contributed by atoms with Gasteiger partial charge in [-0.15, -0.1) is 22.7 Å². The minimum absolute atomic E-state index is 0.0458. The number of benzene rings is 8. The molecule has 0 saturated heterocycles. The Kier molecular flexibility index (Phi) is 6.00. The fourth-order valence-corrected chi connectivity index (χ4v) is 10.4. The van der Waals surface area contributed by atoms with Crippen LogP contribution in [0, 0.1) is 0 Å². The van der Waals surface area contributed by atoms with Gasteiger partial charge < -0.3 is 4.57 Å². The zero-order valence-corrected chi connectivity index (χ0v) is 31.6. The van der Waals surface area contributed by atoms with E-state index < -0.39 is 0 Å². The van der Waals surface area contributed by atoms with Gasteiger partial charge in [-0.2, -0.15) is 0 Å². The number of thiophene rings is 2. The van der Waals surface area contributed by atoms with Crippen molar-refractivity contribution in [2.75, 3.05) is 0 Å². The van der Waals surface area contributed by atoms with Crippen molar-refractivity contribution >= 4 is 84.8 Å². The summed E-state index contributed by atoms with van der Waals surface area (Å²) < 4.78 is 60.3. The summed E-state index contributed by atoms with van der Waals surface area (Å²) in [6.07, 6.45) is 0. The van der Waals surface area contributed by atoms with Gasteiger partial charge in [-0.05, 0) is 53.5 Å². The van der Waals surface area contributed by atoms with Gasteiger partial charge in [0.05, 0.1) is 24.9 Å². The molecule has 0 saturated carbocycles. The molecule has 0 atom stereocenters. The van der Waals surface area contributed by atoms with Crippen molar-refractivity contribution in [1.29, 1.82) is 0 Å². The largest absolute Gasteiger partial charge is 0.309 e. The molecule has 0 aliphatic carbocycles. The summed E-state index contributed by atoms with van der Waals surface area (Å²) in [5.74, 6) is 1.26. The number of fused-ring (bicyclic) bond motifs is 9. The molecule has 4 nitrogen and oxygen atoms in total. The van der Waals surface area contributed by atoms with Gasteiger partial charge in [-0.25, -0.2) is 15.0 Å². The number of hydrogen-bond donors (Lipinski definition) is 0. The molecule has 6 heteroatoms. The molecule has 0 spiro atoms. The quantitative estimate of drug-likeness (QED) is 0.175. The second-order valence-corrected chi connectivity index (χ2v) is 16.0. The molecule has 57 heavy (non-hydrogen) atoms. The monoisotopic (exact) mass is 768 g/mol. The molecule has 4 heterocycles. The molecule has 0 bridgehead atoms. The van der Waals surface area contributed by atoms with Crippen LogP contribution in [0.4, 0.5) is 0 Å². The number of rotatable bonds is 5. The van der Waals surface area contributed by atoms with Crippen LogP contribution in [0.15, 0.2) is 182 Å². The first-order chi connectivity index (χ1) is 30.7. The van der Waals surface area contributed by atoms with Gasteiger partial charge in [0.1, 0.15) is 0 Å². The maximum Gasteiger partial charge on any atom is 0.166 e. The van der Waals surface area contributed by atoms with Gasteiger partial charge in [0, 0.05) is 67.8 Å². The standard InChI is InChI=1S/C51H30N4S2/c1-2-13-31(14-3-1)49-52-50(33-25-27-39-37-17-6-10-23-45(37)56-47(39)30-33)54-51(53-49)41-29-32(34-19-12-20-40-38-18-7-11-24-46(38)57-48(34)40)26-28-44(41)55-42-21-8-4-15-35(42)36-16-5-9-22-43(36)55/h1-30H/i4D,5D,15D,16D,21D,22D. The van der Waals surface area contributed by atoms with Crippen LogP contribution in [0.3, 0.4) is 0 Å². The Morgan fingerprint density at radius 1 is 0.404 bits per heavy atom. The van der Waals surface area contributed by atoms with E-state index in [0.29, 0.717) is 28.7 Å². The Balaban J connectivity index is 1.20. The van der Waals surface area contributed by atoms with Gasteiger partial charge in [-0.3, -0.25) is 0 Å². The van der Waals surface area contributed by atoms with Crippen molar-refractivity contribution in [2.24, 2.45) is 0 Å². The molecule has 0 N–H and O–H groups in total. The molecule has 0 aliphatic heterocycles. The number of para-hydroxylation sites is 2. The first kappa shape index (κ1) is 26.8.